The zero-order valence-corrected chi connectivity index (χ0v) is 17.8. The van der Waals surface area contributed by atoms with Crippen LogP contribution >= 0.6 is 11.8 Å². The third kappa shape index (κ3) is 2.77. The summed E-state index contributed by atoms with van der Waals surface area (Å²) >= 11 is 1.61. The largest absolute Gasteiger partial charge is 0.493 e. The number of hydrogen-bond donors (Lipinski definition) is 1. The molecule has 1 aliphatic heterocycles. The van der Waals surface area contributed by atoms with Crippen LogP contribution in [0.1, 0.15) is 17.0 Å². The van der Waals surface area contributed by atoms with Crippen molar-refractivity contribution in [1.82, 2.24) is 0 Å². The van der Waals surface area contributed by atoms with Crippen molar-refractivity contribution in [1.29, 1.82) is 15.8 Å². The molecule has 1 atom stereocenters. The second-order valence-electron chi connectivity index (χ2n) is 7.13. The molecule has 0 saturated carbocycles. The van der Waals surface area contributed by atoms with Crippen LogP contribution < -0.4 is 15.2 Å². The van der Waals surface area contributed by atoms with Gasteiger partial charge in [0.2, 0.25) is 0 Å². The van der Waals surface area contributed by atoms with Crippen LogP contribution in [0.5, 0.6) is 11.5 Å². The Morgan fingerprint density at radius 3 is 2.42 bits per heavy atom. The molecule has 0 radical (unpaired) electrons. The summed E-state index contributed by atoms with van der Waals surface area (Å²) in [5.74, 6) is 0.722. The van der Waals surface area contributed by atoms with E-state index in [1.54, 1.807) is 23.9 Å². The van der Waals surface area contributed by atoms with Crippen molar-refractivity contribution >= 4 is 17.3 Å². The fourth-order valence-electron chi connectivity index (χ4n) is 4.42. The van der Waals surface area contributed by atoms with E-state index in [1.165, 1.54) is 14.2 Å². The van der Waals surface area contributed by atoms with E-state index < -0.39 is 11.3 Å². The monoisotopic (exact) mass is 426 g/mol. The van der Waals surface area contributed by atoms with E-state index in [9.17, 15) is 15.8 Å². The summed E-state index contributed by atoms with van der Waals surface area (Å²) in [6.45, 7) is 0. The first-order valence-electron chi connectivity index (χ1n) is 9.47. The lowest BCUT2D eigenvalue weighted by Gasteiger charge is -2.40. The molecule has 1 unspecified atom stereocenters. The number of fused-ring (bicyclic) bond motifs is 2. The molecule has 0 amide bonds. The van der Waals surface area contributed by atoms with Gasteiger partial charge >= 0.3 is 0 Å². The lowest BCUT2D eigenvalue weighted by atomic mass is 9.62. The molecule has 0 fully saturated rings. The van der Waals surface area contributed by atoms with Crippen molar-refractivity contribution < 1.29 is 9.47 Å². The molecule has 0 bridgehead atoms. The quantitative estimate of drug-likeness (QED) is 0.784. The maximum atomic E-state index is 10.2. The number of benzene rings is 2. The van der Waals surface area contributed by atoms with Gasteiger partial charge in [-0.05, 0) is 23.3 Å². The number of ether oxygens (including phenoxy) is 2. The van der Waals surface area contributed by atoms with Crippen LogP contribution in [0, 0.1) is 39.4 Å². The first-order valence-corrected chi connectivity index (χ1v) is 10.5. The number of hydrogen-bond acceptors (Lipinski definition) is 7. The fraction of sp³-hybridized carbons (Fsp3) is 0.208. The molecular weight excluding hydrogens is 408 g/mol. The molecule has 0 spiro atoms. The van der Waals surface area contributed by atoms with Crippen LogP contribution in [-0.2, 0) is 0 Å². The number of nitrogens with zero attached hydrogens (tertiary/aromatic N) is 3. The Balaban J connectivity index is 2.14. The molecule has 0 aromatic heterocycles. The Labute approximate surface area is 184 Å². The van der Waals surface area contributed by atoms with Gasteiger partial charge < -0.3 is 15.2 Å². The Kier molecular flexibility index (Phi) is 5.11. The highest BCUT2D eigenvalue weighted by molar-refractivity contribution is 7.99. The molecule has 4 rings (SSSR count). The molecule has 1 aliphatic carbocycles. The van der Waals surface area contributed by atoms with E-state index in [-0.39, 0.29) is 11.3 Å². The van der Waals surface area contributed by atoms with Gasteiger partial charge in [-0.2, -0.15) is 15.8 Å². The van der Waals surface area contributed by atoms with Crippen molar-refractivity contribution in [3.63, 3.8) is 0 Å². The van der Waals surface area contributed by atoms with E-state index in [4.69, 9.17) is 15.2 Å². The number of nitrogens with two attached hydrogens (primary N) is 1. The molecule has 1 heterocycles. The topological polar surface area (TPSA) is 116 Å². The predicted molar refractivity (Wildman–Crippen MR) is 117 cm³/mol. The van der Waals surface area contributed by atoms with E-state index in [1.807, 2.05) is 30.3 Å². The van der Waals surface area contributed by atoms with Gasteiger partial charge in [0.1, 0.15) is 6.07 Å². The molecule has 6 nitrogen and oxygen atoms in total. The first-order chi connectivity index (χ1) is 15.1. The molecule has 2 aliphatic rings. The maximum Gasteiger partial charge on any atom is 0.194 e. The zero-order chi connectivity index (χ0) is 22.2. The van der Waals surface area contributed by atoms with Gasteiger partial charge in [0, 0.05) is 27.7 Å². The number of methoxy groups -OCH3 is 2. The van der Waals surface area contributed by atoms with Crippen LogP contribution in [0.4, 0.5) is 0 Å². The minimum absolute atomic E-state index is 0.0321. The van der Waals surface area contributed by atoms with Crippen LogP contribution in [0.2, 0.25) is 0 Å². The molecule has 2 aromatic carbocycles. The van der Waals surface area contributed by atoms with Gasteiger partial charge in [0.25, 0.3) is 0 Å². The van der Waals surface area contributed by atoms with Gasteiger partial charge in [-0.3, -0.25) is 0 Å². The second kappa shape index (κ2) is 7.76. The summed E-state index contributed by atoms with van der Waals surface area (Å²) < 4.78 is 11.1. The average molecular weight is 427 g/mol. The minimum atomic E-state index is -1.75. The van der Waals surface area contributed by atoms with E-state index in [2.05, 4.69) is 18.2 Å². The summed E-state index contributed by atoms with van der Waals surface area (Å²) in [4.78, 5) is 1.03. The number of allylic oxidation sites excluding steroid dienone is 3. The van der Waals surface area contributed by atoms with Crippen molar-refractivity contribution in [3.05, 3.63) is 70.4 Å². The Bertz CT molecular complexity index is 1260. The number of thioether (sulfide) groups is 1. The molecule has 7 heteroatoms. The number of rotatable bonds is 3. The molecular formula is C24H18N4O2S. The highest BCUT2D eigenvalue weighted by atomic mass is 32.2. The third-order valence-electron chi connectivity index (χ3n) is 5.80. The smallest absolute Gasteiger partial charge is 0.194 e. The number of para-hydroxylation sites is 1. The Morgan fingerprint density at radius 2 is 1.77 bits per heavy atom. The van der Waals surface area contributed by atoms with Gasteiger partial charge in [-0.25, -0.2) is 0 Å². The average Bonchev–Trinajstić information content (AvgIpc) is 2.82. The summed E-state index contributed by atoms with van der Waals surface area (Å²) in [7, 11) is 3.05. The SMILES string of the molecule is COc1cccc(C2C3=C(C(C#N)=C(N)C2(C#N)C#N)c2ccccc2SC3)c1OC. The Morgan fingerprint density at radius 1 is 1.03 bits per heavy atom. The van der Waals surface area contributed by atoms with Gasteiger partial charge in [0.05, 0.1) is 37.6 Å². The summed E-state index contributed by atoms with van der Waals surface area (Å²) in [5, 5.41) is 30.5. The predicted octanol–water partition coefficient (Wildman–Crippen LogP) is 4.13. The summed E-state index contributed by atoms with van der Waals surface area (Å²) in [6, 6.07) is 19.6. The lowest BCUT2D eigenvalue weighted by molar-refractivity contribution is 0.346. The van der Waals surface area contributed by atoms with E-state index in [0.717, 1.165) is 16.0 Å². The third-order valence-corrected chi connectivity index (χ3v) is 6.92. The van der Waals surface area contributed by atoms with Crippen LogP contribution in [0.3, 0.4) is 0 Å². The van der Waals surface area contributed by atoms with E-state index >= 15 is 0 Å². The molecule has 2 N–H and O–H groups in total. The van der Waals surface area contributed by atoms with Crippen LogP contribution in [0.15, 0.2) is 64.2 Å². The standard InChI is InChI=1S/C24H18N4O2S/c1-29-18-8-5-7-15(22(18)30-2)21-17-11-31-19-9-4-3-6-14(19)20(17)16(10-25)23(28)24(21,12-26)13-27/h3-9,21H,11,28H2,1-2H3. The van der Waals surface area contributed by atoms with Crippen molar-refractivity contribution in [3.8, 4) is 29.7 Å². The first kappa shape index (κ1) is 20.4. The molecule has 0 saturated heterocycles. The highest BCUT2D eigenvalue weighted by Gasteiger charge is 2.52. The van der Waals surface area contributed by atoms with Gasteiger partial charge in [-0.15, -0.1) is 11.8 Å². The molecule has 31 heavy (non-hydrogen) atoms. The molecule has 2 aromatic rings. The Hall–Kier alpha value is -3.86. The van der Waals surface area contributed by atoms with Crippen LogP contribution in [-0.4, -0.2) is 20.0 Å². The molecule has 152 valence electrons. The lowest BCUT2D eigenvalue weighted by Crippen LogP contribution is -2.39. The summed E-state index contributed by atoms with van der Waals surface area (Å²) in [6.07, 6.45) is 0. The van der Waals surface area contributed by atoms with Crippen molar-refractivity contribution in [2.24, 2.45) is 11.1 Å². The van der Waals surface area contributed by atoms with Crippen molar-refractivity contribution in [2.75, 3.05) is 20.0 Å². The van der Waals surface area contributed by atoms with E-state index in [0.29, 0.717) is 28.4 Å². The van der Waals surface area contributed by atoms with Crippen LogP contribution in [0.25, 0.3) is 5.57 Å². The zero-order valence-electron chi connectivity index (χ0n) is 17.0. The summed E-state index contributed by atoms with van der Waals surface area (Å²) in [5.41, 5.74) is 7.85. The second-order valence-corrected chi connectivity index (χ2v) is 8.15. The van der Waals surface area contributed by atoms with Gasteiger partial charge in [0.15, 0.2) is 16.9 Å². The number of nitriles is 3. The van der Waals surface area contributed by atoms with Crippen molar-refractivity contribution in [2.45, 2.75) is 10.8 Å². The van der Waals surface area contributed by atoms with Gasteiger partial charge in [-0.1, -0.05) is 30.3 Å². The highest BCUT2D eigenvalue weighted by Crippen LogP contribution is 2.58. The normalized spacial score (nSPS) is 18.7. The maximum absolute atomic E-state index is 10.2. The fourth-order valence-corrected chi connectivity index (χ4v) is 5.54. The minimum Gasteiger partial charge on any atom is -0.493 e.